The van der Waals surface area contributed by atoms with Crippen LogP contribution in [0.1, 0.15) is 34.1 Å². The number of carboxylic acid groups (broad SMARTS) is 1. The van der Waals surface area contributed by atoms with Crippen LogP contribution in [0.25, 0.3) is 0 Å². The summed E-state index contributed by atoms with van der Waals surface area (Å²) in [7, 11) is 1.94. The van der Waals surface area contributed by atoms with Gasteiger partial charge in [-0.3, -0.25) is 10.1 Å². The molecular weight excluding hydrogens is 262 g/mol. The van der Waals surface area contributed by atoms with Crippen molar-refractivity contribution in [2.45, 2.75) is 56.1 Å². The van der Waals surface area contributed by atoms with E-state index in [0.29, 0.717) is 6.42 Å². The summed E-state index contributed by atoms with van der Waals surface area (Å²) in [6.07, 6.45) is 4.17. The van der Waals surface area contributed by atoms with E-state index in [0.717, 1.165) is 5.16 Å². The number of imidazole rings is 1. The number of aromatic nitrogens is 2. The van der Waals surface area contributed by atoms with Crippen LogP contribution in [0.15, 0.2) is 17.6 Å². The molecule has 0 aliphatic heterocycles. The molecule has 2 atom stereocenters. The van der Waals surface area contributed by atoms with Crippen LogP contribution in [-0.2, 0) is 11.8 Å². The van der Waals surface area contributed by atoms with Gasteiger partial charge in [-0.25, -0.2) is 4.98 Å². The second kappa shape index (κ2) is 6.43. The lowest BCUT2D eigenvalue weighted by Crippen LogP contribution is -2.53. The van der Waals surface area contributed by atoms with Gasteiger partial charge in [0.05, 0.1) is 0 Å². The highest BCUT2D eigenvalue weighted by Crippen LogP contribution is 2.27. The van der Waals surface area contributed by atoms with Crippen molar-refractivity contribution in [2.75, 3.05) is 0 Å². The second-order valence-corrected chi connectivity index (χ2v) is 6.80. The molecule has 2 N–H and O–H groups in total. The van der Waals surface area contributed by atoms with E-state index < -0.39 is 11.5 Å². The number of nitrogens with one attached hydrogen (secondary N) is 1. The van der Waals surface area contributed by atoms with Crippen molar-refractivity contribution < 1.29 is 9.90 Å². The molecule has 0 bridgehead atoms. The van der Waals surface area contributed by atoms with Crippen molar-refractivity contribution >= 4 is 17.7 Å². The predicted octanol–water partition coefficient (Wildman–Crippen LogP) is 2.13. The fourth-order valence-corrected chi connectivity index (χ4v) is 3.23. The van der Waals surface area contributed by atoms with Crippen LogP contribution >= 0.6 is 11.8 Å². The zero-order valence-corrected chi connectivity index (χ0v) is 13.0. The molecule has 0 amide bonds. The first-order chi connectivity index (χ1) is 8.74. The third kappa shape index (κ3) is 4.54. The summed E-state index contributed by atoms with van der Waals surface area (Å²) in [5.74, 6) is -0.812. The van der Waals surface area contributed by atoms with E-state index in [-0.39, 0.29) is 11.3 Å². The topological polar surface area (TPSA) is 67.2 Å². The fourth-order valence-electron chi connectivity index (χ4n) is 2.11. The van der Waals surface area contributed by atoms with Gasteiger partial charge in [-0.2, -0.15) is 0 Å². The van der Waals surface area contributed by atoms with Crippen molar-refractivity contribution in [2.24, 2.45) is 7.05 Å². The number of thioether (sulfide) groups is 1. The Morgan fingerprint density at radius 3 is 2.63 bits per heavy atom. The molecule has 0 aliphatic carbocycles. The Bertz CT molecular complexity index is 433. The zero-order chi connectivity index (χ0) is 14.6. The highest BCUT2D eigenvalue weighted by atomic mass is 32.2. The maximum absolute atomic E-state index is 11.5. The number of aliphatic carboxylic acids is 1. The van der Waals surface area contributed by atoms with Gasteiger partial charge >= 0.3 is 5.97 Å². The molecule has 5 nitrogen and oxygen atoms in total. The van der Waals surface area contributed by atoms with E-state index in [9.17, 15) is 9.90 Å². The molecule has 0 spiro atoms. The lowest BCUT2D eigenvalue weighted by Gasteiger charge is -2.30. The number of hydrogen-bond donors (Lipinski definition) is 2. The van der Waals surface area contributed by atoms with Gasteiger partial charge in [-0.1, -0.05) is 18.7 Å². The molecule has 1 rings (SSSR count). The Kier molecular flexibility index (Phi) is 5.43. The average molecular weight is 285 g/mol. The van der Waals surface area contributed by atoms with Crippen LogP contribution in [0.2, 0.25) is 0 Å². The summed E-state index contributed by atoms with van der Waals surface area (Å²) in [6, 6.07) is 0.131. The van der Waals surface area contributed by atoms with Crippen LogP contribution in [0.4, 0.5) is 0 Å². The Labute approximate surface area is 118 Å². The van der Waals surface area contributed by atoms with Gasteiger partial charge in [-0.15, -0.1) is 0 Å². The van der Waals surface area contributed by atoms with Crippen molar-refractivity contribution in [1.82, 2.24) is 14.9 Å². The van der Waals surface area contributed by atoms with Crippen molar-refractivity contribution in [3.05, 3.63) is 12.4 Å². The quantitative estimate of drug-likeness (QED) is 0.751. The molecule has 19 heavy (non-hydrogen) atoms. The zero-order valence-electron chi connectivity index (χ0n) is 12.2. The SMILES string of the molecule is CC(C)NC(C)(CC(C)Sc1nccn1C)C(=O)O. The number of carboxylic acids is 1. The standard InChI is InChI=1S/C13H23N3O2S/c1-9(2)15-13(4,11(17)18)8-10(3)19-12-14-6-7-16(12)5/h6-7,9-10,15H,8H2,1-5H3,(H,17,18). The summed E-state index contributed by atoms with van der Waals surface area (Å²) in [6.45, 7) is 7.68. The molecule has 1 aromatic rings. The molecule has 0 aliphatic rings. The average Bonchev–Trinajstić information content (AvgIpc) is 2.62. The van der Waals surface area contributed by atoms with Crippen LogP contribution in [-0.4, -0.2) is 37.5 Å². The Morgan fingerprint density at radius 1 is 1.58 bits per heavy atom. The molecule has 2 unspecified atom stereocenters. The minimum Gasteiger partial charge on any atom is -0.480 e. The van der Waals surface area contributed by atoms with E-state index in [4.69, 9.17) is 0 Å². The van der Waals surface area contributed by atoms with Gasteiger partial charge in [0.15, 0.2) is 5.16 Å². The minimum absolute atomic E-state index is 0.131. The van der Waals surface area contributed by atoms with Gasteiger partial charge in [0.1, 0.15) is 5.54 Å². The normalized spacial score (nSPS) is 16.3. The van der Waals surface area contributed by atoms with Crippen LogP contribution in [0, 0.1) is 0 Å². The molecule has 0 saturated heterocycles. The molecule has 0 radical (unpaired) electrons. The van der Waals surface area contributed by atoms with Crippen LogP contribution in [0.3, 0.4) is 0 Å². The molecule has 6 heteroatoms. The highest BCUT2D eigenvalue weighted by Gasteiger charge is 2.35. The van der Waals surface area contributed by atoms with Gasteiger partial charge in [0, 0.05) is 30.7 Å². The van der Waals surface area contributed by atoms with Crippen LogP contribution < -0.4 is 5.32 Å². The van der Waals surface area contributed by atoms with E-state index in [1.807, 2.05) is 38.6 Å². The predicted molar refractivity (Wildman–Crippen MR) is 77.5 cm³/mol. The number of carbonyl (C=O) groups is 1. The number of aryl methyl sites for hydroxylation is 1. The molecule has 0 saturated carbocycles. The smallest absolute Gasteiger partial charge is 0.323 e. The molecule has 108 valence electrons. The minimum atomic E-state index is -0.911. The Morgan fingerprint density at radius 2 is 2.21 bits per heavy atom. The van der Waals surface area contributed by atoms with E-state index in [1.165, 1.54) is 0 Å². The lowest BCUT2D eigenvalue weighted by atomic mass is 9.95. The first-order valence-electron chi connectivity index (χ1n) is 6.39. The maximum Gasteiger partial charge on any atom is 0.323 e. The largest absolute Gasteiger partial charge is 0.480 e. The molecule has 1 heterocycles. The van der Waals surface area contributed by atoms with Crippen molar-refractivity contribution in [1.29, 1.82) is 0 Å². The Balaban J connectivity index is 2.69. The van der Waals surface area contributed by atoms with Crippen molar-refractivity contribution in [3.63, 3.8) is 0 Å². The van der Waals surface area contributed by atoms with Crippen LogP contribution in [0.5, 0.6) is 0 Å². The Hall–Kier alpha value is -1.01. The summed E-state index contributed by atoms with van der Waals surface area (Å²) < 4.78 is 1.94. The van der Waals surface area contributed by atoms with E-state index in [1.54, 1.807) is 24.9 Å². The number of rotatable bonds is 7. The summed E-state index contributed by atoms with van der Waals surface area (Å²) in [5.41, 5.74) is -0.911. The first-order valence-corrected chi connectivity index (χ1v) is 7.27. The maximum atomic E-state index is 11.5. The van der Waals surface area contributed by atoms with Gasteiger partial charge < -0.3 is 9.67 Å². The first kappa shape index (κ1) is 16.0. The van der Waals surface area contributed by atoms with E-state index in [2.05, 4.69) is 10.3 Å². The fraction of sp³-hybridized carbons (Fsp3) is 0.692. The second-order valence-electron chi connectivity index (χ2n) is 5.39. The van der Waals surface area contributed by atoms with Gasteiger partial charge in [0.25, 0.3) is 0 Å². The van der Waals surface area contributed by atoms with Crippen molar-refractivity contribution in [3.8, 4) is 0 Å². The third-order valence-corrected chi connectivity index (χ3v) is 4.03. The summed E-state index contributed by atoms with van der Waals surface area (Å²) in [4.78, 5) is 15.7. The lowest BCUT2D eigenvalue weighted by molar-refractivity contribution is -0.144. The molecular formula is C13H23N3O2S. The summed E-state index contributed by atoms with van der Waals surface area (Å²) >= 11 is 1.60. The molecule has 0 aromatic carbocycles. The summed E-state index contributed by atoms with van der Waals surface area (Å²) in [5, 5.41) is 13.6. The van der Waals surface area contributed by atoms with Gasteiger partial charge in [-0.05, 0) is 27.2 Å². The van der Waals surface area contributed by atoms with Gasteiger partial charge in [0.2, 0.25) is 0 Å². The molecule has 0 fully saturated rings. The third-order valence-electron chi connectivity index (χ3n) is 2.86. The molecule has 1 aromatic heterocycles. The highest BCUT2D eigenvalue weighted by molar-refractivity contribution is 7.99. The van der Waals surface area contributed by atoms with E-state index >= 15 is 0 Å². The number of nitrogens with zero attached hydrogens (tertiary/aromatic N) is 2. The monoisotopic (exact) mass is 285 g/mol. The number of hydrogen-bond acceptors (Lipinski definition) is 4.